The van der Waals surface area contributed by atoms with Crippen molar-refractivity contribution in [3.63, 3.8) is 0 Å². The van der Waals surface area contributed by atoms with Gasteiger partial charge >= 0.3 is 0 Å². The van der Waals surface area contributed by atoms with Crippen LogP contribution in [-0.4, -0.2) is 72.4 Å². The molecule has 54 heavy (non-hydrogen) atoms. The molecule has 0 bridgehead atoms. The largest absolute Gasteiger partial charge is 0.369 e. The summed E-state index contributed by atoms with van der Waals surface area (Å²) in [5.74, 6) is -1.82. The summed E-state index contributed by atoms with van der Waals surface area (Å²) >= 11 is 0. The summed E-state index contributed by atoms with van der Waals surface area (Å²) in [4.78, 5) is 116. The van der Waals surface area contributed by atoms with Gasteiger partial charge in [0.05, 0.1) is 0 Å². The molecule has 4 spiro atoms. The summed E-state index contributed by atoms with van der Waals surface area (Å²) in [5, 5.41) is 0. The number of ketones is 8. The molecular weight excluding hydrogens is 684 g/mol. The fourth-order valence-corrected chi connectivity index (χ4v) is 11.1. The first-order valence-electron chi connectivity index (χ1n) is 19.7. The van der Waals surface area contributed by atoms with E-state index in [1.807, 2.05) is 65.2 Å². The fourth-order valence-electron chi connectivity index (χ4n) is 11.1. The number of hydrogen-bond acceptors (Lipinski definition) is 10. The Bertz CT molecular complexity index is 1580. The predicted octanol–water partition coefficient (Wildman–Crippen LogP) is 5.89. The van der Waals surface area contributed by atoms with E-state index in [9.17, 15) is 38.4 Å². The lowest BCUT2D eigenvalue weighted by Crippen LogP contribution is -2.67. The molecule has 7 rings (SSSR count). The number of anilines is 2. The van der Waals surface area contributed by atoms with Gasteiger partial charge in [0, 0.05) is 88.9 Å². The Morgan fingerprint density at radius 2 is 0.500 bits per heavy atom. The quantitative estimate of drug-likeness (QED) is 0.337. The standard InChI is InChI=1S/C44H56N2O8/c1-37(2)13-29(47)41(30(48)14-37)21-42(31(49)15-38(3,4)16-32(42)50)24-45(23-41)27-9-11-28(12-10-27)46-25-43(33(51)17-39(5,6)18-34(43)52)22-44(26-46)35(53)19-40(7,8)20-36(44)54/h9-12H,13-26H2,1-8H3. The molecule has 2 heterocycles. The van der Waals surface area contributed by atoms with E-state index in [1.165, 1.54) is 0 Å². The molecule has 0 atom stereocenters. The first-order chi connectivity index (χ1) is 24.8. The number of piperidine rings is 2. The smallest absolute Gasteiger partial charge is 0.148 e. The molecule has 0 unspecified atom stereocenters. The number of hydrogen-bond donors (Lipinski definition) is 0. The monoisotopic (exact) mass is 740 g/mol. The Morgan fingerprint density at radius 3 is 0.667 bits per heavy atom. The topological polar surface area (TPSA) is 143 Å². The predicted molar refractivity (Wildman–Crippen MR) is 202 cm³/mol. The van der Waals surface area contributed by atoms with Gasteiger partial charge in [-0.05, 0) is 58.8 Å². The van der Waals surface area contributed by atoms with E-state index in [-0.39, 0.29) is 137 Å². The van der Waals surface area contributed by atoms with Gasteiger partial charge in [0.25, 0.3) is 0 Å². The van der Waals surface area contributed by atoms with Gasteiger partial charge in [-0.2, -0.15) is 0 Å². The Labute approximate surface area is 318 Å². The maximum Gasteiger partial charge on any atom is 0.148 e. The first kappa shape index (κ1) is 38.5. The summed E-state index contributed by atoms with van der Waals surface area (Å²) in [7, 11) is 0. The van der Waals surface area contributed by atoms with Crippen LogP contribution >= 0.6 is 0 Å². The third kappa shape index (κ3) is 5.96. The summed E-state index contributed by atoms with van der Waals surface area (Å²) in [6.07, 6.45) is 1.24. The normalized spacial score (nSPS) is 29.1. The molecule has 0 N–H and O–H groups in total. The van der Waals surface area contributed by atoms with Crippen molar-refractivity contribution in [2.24, 2.45) is 43.3 Å². The number of carbonyl (C=O) groups excluding carboxylic acids is 8. The molecule has 4 aliphatic carbocycles. The van der Waals surface area contributed by atoms with Gasteiger partial charge in [-0.3, -0.25) is 38.4 Å². The molecule has 1 aromatic carbocycles. The van der Waals surface area contributed by atoms with Crippen molar-refractivity contribution >= 4 is 57.6 Å². The van der Waals surface area contributed by atoms with Gasteiger partial charge in [-0.15, -0.1) is 0 Å². The third-order valence-electron chi connectivity index (χ3n) is 14.0. The van der Waals surface area contributed by atoms with Crippen LogP contribution in [0, 0.1) is 43.3 Å². The lowest BCUT2D eigenvalue weighted by atomic mass is 9.51. The molecule has 0 aromatic heterocycles. The molecule has 0 radical (unpaired) electrons. The van der Waals surface area contributed by atoms with E-state index in [4.69, 9.17) is 0 Å². The van der Waals surface area contributed by atoms with Crippen molar-refractivity contribution in [2.45, 2.75) is 120 Å². The van der Waals surface area contributed by atoms with Crippen molar-refractivity contribution in [2.75, 3.05) is 36.0 Å². The summed E-state index contributed by atoms with van der Waals surface area (Å²) in [6, 6.07) is 7.22. The number of carbonyl (C=O) groups is 8. The van der Waals surface area contributed by atoms with Crippen LogP contribution < -0.4 is 9.80 Å². The number of Topliss-reactive ketones (excluding diaryl/α,β-unsaturated/α-hetero) is 8. The minimum Gasteiger partial charge on any atom is -0.369 e. The van der Waals surface area contributed by atoms with E-state index in [1.54, 1.807) is 24.3 Å². The van der Waals surface area contributed by atoms with Crippen LogP contribution in [0.3, 0.4) is 0 Å². The maximum absolute atomic E-state index is 14.1. The van der Waals surface area contributed by atoms with E-state index < -0.39 is 43.3 Å². The van der Waals surface area contributed by atoms with Gasteiger partial charge in [-0.1, -0.05) is 55.4 Å². The SMILES string of the molecule is CC1(C)CC(=O)C2(CN(c3ccc(N4CC5(CC6(C4)C(=O)CC(C)(C)CC6=O)C(=O)CC(C)(C)CC5=O)cc3)CC3(C2)C(=O)CC(C)(C)CC3=O)C(=O)C1. The molecule has 2 aliphatic heterocycles. The van der Waals surface area contributed by atoms with E-state index >= 15 is 0 Å². The van der Waals surface area contributed by atoms with Crippen LogP contribution in [0.25, 0.3) is 0 Å². The van der Waals surface area contributed by atoms with Crippen molar-refractivity contribution in [3.8, 4) is 0 Å². The highest BCUT2D eigenvalue weighted by Crippen LogP contribution is 2.56. The summed E-state index contributed by atoms with van der Waals surface area (Å²) < 4.78 is 0. The van der Waals surface area contributed by atoms with Crippen LogP contribution in [0.2, 0.25) is 0 Å². The van der Waals surface area contributed by atoms with Gasteiger partial charge < -0.3 is 9.80 Å². The minimum atomic E-state index is -1.49. The highest BCUT2D eigenvalue weighted by Gasteiger charge is 2.66. The Kier molecular flexibility index (Phi) is 8.43. The molecule has 6 fully saturated rings. The molecule has 2 saturated heterocycles. The molecular formula is C44H56N2O8. The van der Waals surface area contributed by atoms with Crippen LogP contribution in [0.15, 0.2) is 24.3 Å². The highest BCUT2D eigenvalue weighted by atomic mass is 16.2. The first-order valence-corrected chi connectivity index (χ1v) is 19.7. The lowest BCUT2D eigenvalue weighted by molar-refractivity contribution is -0.162. The van der Waals surface area contributed by atoms with Crippen LogP contribution in [0.5, 0.6) is 0 Å². The van der Waals surface area contributed by atoms with Gasteiger partial charge in [0.1, 0.15) is 67.9 Å². The minimum absolute atomic E-state index is 0.0549. The van der Waals surface area contributed by atoms with Crippen molar-refractivity contribution in [3.05, 3.63) is 24.3 Å². The van der Waals surface area contributed by atoms with Crippen molar-refractivity contribution in [1.82, 2.24) is 0 Å². The average molecular weight is 741 g/mol. The molecule has 10 heteroatoms. The number of benzene rings is 1. The summed E-state index contributed by atoms with van der Waals surface area (Å²) in [5.41, 5.74) is -6.80. The average Bonchev–Trinajstić information content (AvgIpc) is 3.03. The van der Waals surface area contributed by atoms with Crippen LogP contribution in [-0.2, 0) is 38.4 Å². The van der Waals surface area contributed by atoms with E-state index in [2.05, 4.69) is 0 Å². The molecule has 6 aliphatic rings. The van der Waals surface area contributed by atoms with Crippen LogP contribution in [0.1, 0.15) is 120 Å². The van der Waals surface area contributed by atoms with Crippen molar-refractivity contribution < 1.29 is 38.4 Å². The van der Waals surface area contributed by atoms with Gasteiger partial charge in [0.2, 0.25) is 0 Å². The maximum atomic E-state index is 14.1. The van der Waals surface area contributed by atoms with E-state index in [0.29, 0.717) is 11.4 Å². The number of nitrogens with zero attached hydrogens (tertiary/aromatic N) is 2. The van der Waals surface area contributed by atoms with Crippen molar-refractivity contribution in [1.29, 1.82) is 0 Å². The second kappa shape index (κ2) is 11.8. The Morgan fingerprint density at radius 1 is 0.333 bits per heavy atom. The second-order valence-corrected chi connectivity index (χ2v) is 21.4. The Hall–Kier alpha value is -3.82. The summed E-state index contributed by atoms with van der Waals surface area (Å²) in [6.45, 7) is 15.4. The second-order valence-electron chi connectivity index (χ2n) is 21.4. The van der Waals surface area contributed by atoms with E-state index in [0.717, 1.165) is 0 Å². The lowest BCUT2D eigenvalue weighted by Gasteiger charge is -2.55. The molecule has 290 valence electrons. The molecule has 1 aromatic rings. The zero-order valence-electron chi connectivity index (χ0n) is 33.4. The molecule has 0 amide bonds. The zero-order valence-corrected chi connectivity index (χ0v) is 33.4. The van der Waals surface area contributed by atoms with Gasteiger partial charge in [0.15, 0.2) is 0 Å². The molecule has 4 saturated carbocycles. The molecule has 10 nitrogen and oxygen atoms in total. The van der Waals surface area contributed by atoms with Gasteiger partial charge in [-0.25, -0.2) is 0 Å². The van der Waals surface area contributed by atoms with Crippen LogP contribution in [0.4, 0.5) is 11.4 Å². The highest BCUT2D eigenvalue weighted by molar-refractivity contribution is 6.17. The number of rotatable bonds is 2. The zero-order chi connectivity index (χ0) is 39.7. The third-order valence-corrected chi connectivity index (χ3v) is 14.0. The fraction of sp³-hybridized carbons (Fsp3) is 0.682. The Balaban J connectivity index is 1.27.